The van der Waals surface area contributed by atoms with Crippen molar-refractivity contribution in [3.05, 3.63) is 86.9 Å². The van der Waals surface area contributed by atoms with E-state index in [4.69, 9.17) is 37.4 Å². The third-order valence-corrected chi connectivity index (χ3v) is 5.54. The first-order valence-corrected chi connectivity index (χ1v) is 11.5. The van der Waals surface area contributed by atoms with Gasteiger partial charge in [0, 0.05) is 0 Å². The third-order valence-electron chi connectivity index (χ3n) is 4.81. The van der Waals surface area contributed by atoms with Gasteiger partial charge in [-0.15, -0.1) is 0 Å². The van der Waals surface area contributed by atoms with Gasteiger partial charge in [0.25, 0.3) is 5.91 Å². The van der Waals surface area contributed by atoms with Crippen LogP contribution in [0.4, 0.5) is 0 Å². The summed E-state index contributed by atoms with van der Waals surface area (Å²) in [5.74, 6) is 1.50. The first-order chi connectivity index (χ1) is 16.4. The van der Waals surface area contributed by atoms with Crippen LogP contribution in [0.3, 0.4) is 0 Å². The minimum atomic E-state index is -0.356. The molecule has 0 fully saturated rings. The number of ether oxygens (including phenoxy) is 3. The second-order valence-corrected chi connectivity index (χ2v) is 8.29. The minimum Gasteiger partial charge on any atom is -0.490 e. The standard InChI is InChI=1S/C26H26Cl2N2O4/c1-4-32-24-13-19(9-11-23(24)33-15-20-8-10-21(27)22(28)12-20)14-29-30-25(31)16-34-26-17(2)6-5-7-18(26)3/h5-14H,4,15-16H2,1-3H3,(H,30,31)/b29-14-. The summed E-state index contributed by atoms with van der Waals surface area (Å²) < 4.78 is 17.2. The highest BCUT2D eigenvalue weighted by Crippen LogP contribution is 2.30. The summed E-state index contributed by atoms with van der Waals surface area (Å²) in [5.41, 5.74) is 6.04. The second kappa shape index (κ2) is 12.3. The van der Waals surface area contributed by atoms with Crippen LogP contribution >= 0.6 is 23.2 Å². The first kappa shape index (κ1) is 25.4. The van der Waals surface area contributed by atoms with Crippen LogP contribution < -0.4 is 19.6 Å². The van der Waals surface area contributed by atoms with Crippen molar-refractivity contribution < 1.29 is 19.0 Å². The van der Waals surface area contributed by atoms with Gasteiger partial charge in [-0.25, -0.2) is 5.43 Å². The first-order valence-electron chi connectivity index (χ1n) is 10.7. The zero-order chi connectivity index (χ0) is 24.5. The number of hydrogen-bond acceptors (Lipinski definition) is 5. The minimum absolute atomic E-state index is 0.130. The molecule has 3 aromatic rings. The Morgan fingerprint density at radius 1 is 0.941 bits per heavy atom. The van der Waals surface area contributed by atoms with Gasteiger partial charge in [-0.1, -0.05) is 47.5 Å². The number of nitrogens with zero attached hydrogens (tertiary/aromatic N) is 1. The Morgan fingerprint density at radius 2 is 1.71 bits per heavy atom. The van der Waals surface area contributed by atoms with Crippen LogP contribution in [0.1, 0.15) is 29.2 Å². The summed E-state index contributed by atoms with van der Waals surface area (Å²) in [7, 11) is 0. The number of carbonyl (C=O) groups excluding carboxylic acids is 1. The number of halogens is 2. The second-order valence-electron chi connectivity index (χ2n) is 7.48. The van der Waals surface area contributed by atoms with Crippen molar-refractivity contribution in [2.45, 2.75) is 27.4 Å². The number of hydrogen-bond donors (Lipinski definition) is 1. The van der Waals surface area contributed by atoms with E-state index in [-0.39, 0.29) is 12.5 Å². The molecule has 0 atom stereocenters. The fraction of sp³-hybridized carbons (Fsp3) is 0.231. The number of para-hydroxylation sites is 1. The molecule has 0 heterocycles. The molecule has 0 aliphatic carbocycles. The van der Waals surface area contributed by atoms with Gasteiger partial charge >= 0.3 is 0 Å². The van der Waals surface area contributed by atoms with E-state index in [1.165, 1.54) is 6.21 Å². The topological polar surface area (TPSA) is 69.2 Å². The van der Waals surface area contributed by atoms with Gasteiger partial charge in [-0.2, -0.15) is 5.10 Å². The molecule has 0 bridgehead atoms. The van der Waals surface area contributed by atoms with Crippen LogP contribution in [0.15, 0.2) is 59.7 Å². The van der Waals surface area contributed by atoms with E-state index in [2.05, 4.69) is 10.5 Å². The van der Waals surface area contributed by atoms with E-state index in [0.717, 1.165) is 22.3 Å². The molecule has 178 valence electrons. The lowest BCUT2D eigenvalue weighted by Crippen LogP contribution is -2.25. The van der Waals surface area contributed by atoms with Crippen molar-refractivity contribution in [2.24, 2.45) is 5.10 Å². The molecule has 0 saturated heterocycles. The summed E-state index contributed by atoms with van der Waals surface area (Å²) in [6.45, 7) is 6.41. The van der Waals surface area contributed by atoms with Gasteiger partial charge in [-0.05, 0) is 73.4 Å². The predicted octanol–water partition coefficient (Wildman–Crippen LogP) is 6.12. The third kappa shape index (κ3) is 7.14. The smallest absolute Gasteiger partial charge is 0.277 e. The fourth-order valence-corrected chi connectivity index (χ4v) is 3.48. The maximum Gasteiger partial charge on any atom is 0.277 e. The monoisotopic (exact) mass is 500 g/mol. The largest absolute Gasteiger partial charge is 0.490 e. The molecule has 0 saturated carbocycles. The quantitative estimate of drug-likeness (QED) is 0.269. The van der Waals surface area contributed by atoms with Crippen LogP contribution in [-0.4, -0.2) is 25.3 Å². The molecule has 0 aromatic heterocycles. The van der Waals surface area contributed by atoms with Gasteiger partial charge in [0.1, 0.15) is 12.4 Å². The summed E-state index contributed by atoms with van der Waals surface area (Å²) in [6.07, 6.45) is 1.53. The SMILES string of the molecule is CCOc1cc(/C=N\NC(=O)COc2c(C)cccc2C)ccc1OCc1ccc(Cl)c(Cl)c1. The van der Waals surface area contributed by atoms with Crippen molar-refractivity contribution in [1.29, 1.82) is 0 Å². The van der Waals surface area contributed by atoms with Gasteiger partial charge in [0.2, 0.25) is 0 Å². The molecule has 1 amide bonds. The Balaban J connectivity index is 1.58. The number of rotatable bonds is 10. The van der Waals surface area contributed by atoms with Gasteiger partial charge in [0.15, 0.2) is 18.1 Å². The zero-order valence-electron chi connectivity index (χ0n) is 19.2. The number of hydrazone groups is 1. The Bertz CT molecular complexity index is 1160. The van der Waals surface area contributed by atoms with Gasteiger partial charge in [-0.3, -0.25) is 4.79 Å². The molecule has 3 rings (SSSR count). The number of benzene rings is 3. The van der Waals surface area contributed by atoms with E-state index in [9.17, 15) is 4.79 Å². The van der Waals surface area contributed by atoms with Gasteiger partial charge < -0.3 is 14.2 Å². The predicted molar refractivity (Wildman–Crippen MR) is 136 cm³/mol. The van der Waals surface area contributed by atoms with E-state index in [0.29, 0.717) is 40.5 Å². The summed E-state index contributed by atoms with van der Waals surface area (Å²) >= 11 is 12.0. The highest BCUT2D eigenvalue weighted by atomic mass is 35.5. The Morgan fingerprint density at radius 3 is 2.41 bits per heavy atom. The van der Waals surface area contributed by atoms with E-state index in [1.54, 1.807) is 24.3 Å². The molecule has 34 heavy (non-hydrogen) atoms. The van der Waals surface area contributed by atoms with Crippen LogP contribution in [0.5, 0.6) is 17.2 Å². The zero-order valence-corrected chi connectivity index (χ0v) is 20.7. The molecule has 8 heteroatoms. The highest BCUT2D eigenvalue weighted by molar-refractivity contribution is 6.42. The van der Waals surface area contributed by atoms with E-state index < -0.39 is 0 Å². The van der Waals surface area contributed by atoms with Gasteiger partial charge in [0.05, 0.1) is 22.9 Å². The van der Waals surface area contributed by atoms with Crippen LogP contribution in [0, 0.1) is 13.8 Å². The molecule has 3 aromatic carbocycles. The number of nitrogens with one attached hydrogen (secondary N) is 1. The Hall–Kier alpha value is -3.22. The molecule has 0 radical (unpaired) electrons. The number of amides is 1. The molecular weight excluding hydrogens is 475 g/mol. The molecule has 6 nitrogen and oxygen atoms in total. The lowest BCUT2D eigenvalue weighted by molar-refractivity contribution is -0.123. The lowest BCUT2D eigenvalue weighted by Gasteiger charge is -2.13. The molecule has 0 aliphatic heterocycles. The van der Waals surface area contributed by atoms with Crippen LogP contribution in [-0.2, 0) is 11.4 Å². The van der Waals surface area contributed by atoms with Crippen molar-refractivity contribution in [3.63, 3.8) is 0 Å². The normalized spacial score (nSPS) is 10.9. The van der Waals surface area contributed by atoms with Crippen molar-refractivity contribution in [1.82, 2.24) is 5.43 Å². The molecule has 0 aliphatic rings. The molecule has 0 unspecified atom stereocenters. The van der Waals surface area contributed by atoms with Crippen molar-refractivity contribution in [2.75, 3.05) is 13.2 Å². The van der Waals surface area contributed by atoms with Crippen LogP contribution in [0.2, 0.25) is 10.0 Å². The van der Waals surface area contributed by atoms with E-state index >= 15 is 0 Å². The fourth-order valence-electron chi connectivity index (χ4n) is 3.16. The average Bonchev–Trinajstić information content (AvgIpc) is 2.80. The highest BCUT2D eigenvalue weighted by Gasteiger charge is 2.09. The maximum absolute atomic E-state index is 12.1. The Kier molecular flexibility index (Phi) is 9.19. The molecule has 1 N–H and O–H groups in total. The van der Waals surface area contributed by atoms with Crippen LogP contribution in [0.25, 0.3) is 0 Å². The van der Waals surface area contributed by atoms with Crippen molar-refractivity contribution >= 4 is 35.3 Å². The summed E-state index contributed by atoms with van der Waals surface area (Å²) in [5, 5.41) is 4.98. The lowest BCUT2D eigenvalue weighted by atomic mass is 10.1. The average molecular weight is 501 g/mol. The number of carbonyl (C=O) groups is 1. The summed E-state index contributed by atoms with van der Waals surface area (Å²) in [4.78, 5) is 12.1. The summed E-state index contributed by atoms with van der Waals surface area (Å²) in [6, 6.07) is 16.6. The van der Waals surface area contributed by atoms with E-state index in [1.807, 2.05) is 51.1 Å². The van der Waals surface area contributed by atoms with Crippen molar-refractivity contribution in [3.8, 4) is 17.2 Å². The maximum atomic E-state index is 12.1. The Labute approximate surface area is 209 Å². The number of aryl methyl sites for hydroxylation is 2. The molecule has 0 spiro atoms. The molecular formula is C26H26Cl2N2O4.